The molecule has 0 bridgehead atoms. The molecule has 1 atom stereocenters. The number of rotatable bonds is 5. The molecule has 0 aromatic heterocycles. The van der Waals surface area contributed by atoms with E-state index >= 15 is 0 Å². The molecule has 100 valence electrons. The molecule has 2 heteroatoms. The van der Waals surface area contributed by atoms with Gasteiger partial charge in [-0.15, -0.1) is 0 Å². The van der Waals surface area contributed by atoms with Crippen molar-refractivity contribution in [3.05, 3.63) is 59.7 Å². The van der Waals surface area contributed by atoms with E-state index in [0.717, 1.165) is 12.3 Å². The molecule has 19 heavy (non-hydrogen) atoms. The van der Waals surface area contributed by atoms with Gasteiger partial charge in [0.15, 0.2) is 0 Å². The lowest BCUT2D eigenvalue weighted by molar-refractivity contribution is 0.235. The smallest absolute Gasteiger partial charge is 0.119 e. The van der Waals surface area contributed by atoms with E-state index in [0.29, 0.717) is 0 Å². The summed E-state index contributed by atoms with van der Waals surface area (Å²) in [4.78, 5) is 0. The molecular weight excluding hydrogens is 234 g/mol. The van der Waals surface area contributed by atoms with Crippen LogP contribution in [0.1, 0.15) is 18.1 Å². The fourth-order valence-electron chi connectivity index (χ4n) is 2.04. The number of hydrogen-bond acceptors (Lipinski definition) is 2. The van der Waals surface area contributed by atoms with Crippen molar-refractivity contribution in [1.29, 1.82) is 0 Å². The van der Waals surface area contributed by atoms with E-state index in [1.807, 2.05) is 30.3 Å². The van der Waals surface area contributed by atoms with Crippen molar-refractivity contribution in [3.63, 3.8) is 0 Å². The molecule has 0 heterocycles. The van der Waals surface area contributed by atoms with Crippen LogP contribution in [0.25, 0.3) is 0 Å². The molecule has 0 saturated heterocycles. The van der Waals surface area contributed by atoms with Gasteiger partial charge in [0.25, 0.3) is 0 Å². The van der Waals surface area contributed by atoms with Crippen LogP contribution in [0.5, 0.6) is 5.75 Å². The van der Waals surface area contributed by atoms with Crippen molar-refractivity contribution in [1.82, 2.24) is 0 Å². The monoisotopic (exact) mass is 255 g/mol. The van der Waals surface area contributed by atoms with Crippen LogP contribution in [-0.4, -0.2) is 12.6 Å². The molecule has 0 saturated carbocycles. The van der Waals surface area contributed by atoms with E-state index in [-0.39, 0.29) is 6.10 Å². The zero-order chi connectivity index (χ0) is 13.7. The van der Waals surface area contributed by atoms with Crippen LogP contribution >= 0.6 is 0 Å². The number of hydrogen-bond donors (Lipinski definition) is 1. The maximum Gasteiger partial charge on any atom is 0.119 e. The lowest BCUT2D eigenvalue weighted by Gasteiger charge is -2.17. The van der Waals surface area contributed by atoms with Crippen molar-refractivity contribution in [2.24, 2.45) is 0 Å². The van der Waals surface area contributed by atoms with Gasteiger partial charge in [0, 0.05) is 5.69 Å². The molecule has 0 aliphatic heterocycles. The predicted octanol–water partition coefficient (Wildman–Crippen LogP) is 4.18. The van der Waals surface area contributed by atoms with E-state index in [1.165, 1.54) is 16.8 Å². The highest BCUT2D eigenvalue weighted by molar-refractivity contribution is 5.51. The molecule has 0 aliphatic rings. The lowest BCUT2D eigenvalue weighted by atomic mass is 10.1. The highest BCUT2D eigenvalue weighted by atomic mass is 16.5. The third-order valence-corrected chi connectivity index (χ3v) is 3.04. The second kappa shape index (κ2) is 6.28. The summed E-state index contributed by atoms with van der Waals surface area (Å²) < 4.78 is 5.84. The molecule has 2 aromatic carbocycles. The van der Waals surface area contributed by atoms with Crippen molar-refractivity contribution in [3.8, 4) is 5.75 Å². The van der Waals surface area contributed by atoms with Crippen LogP contribution in [0.15, 0.2) is 48.5 Å². The maximum absolute atomic E-state index is 5.84. The van der Waals surface area contributed by atoms with Crippen molar-refractivity contribution in [2.75, 3.05) is 11.9 Å². The first-order valence-corrected chi connectivity index (χ1v) is 6.68. The quantitative estimate of drug-likeness (QED) is 0.865. The van der Waals surface area contributed by atoms with Crippen LogP contribution < -0.4 is 10.1 Å². The van der Waals surface area contributed by atoms with Crippen molar-refractivity contribution < 1.29 is 4.74 Å². The Kier molecular flexibility index (Phi) is 4.45. The molecule has 2 aromatic rings. The molecular formula is C17H21NO. The number of aryl methyl sites for hydroxylation is 2. The summed E-state index contributed by atoms with van der Waals surface area (Å²) in [6.45, 7) is 7.10. The minimum atomic E-state index is 0.128. The fraction of sp³-hybridized carbons (Fsp3) is 0.294. The normalized spacial score (nSPS) is 11.9. The highest BCUT2D eigenvalue weighted by Crippen LogP contribution is 2.16. The van der Waals surface area contributed by atoms with Crippen LogP contribution in [0.2, 0.25) is 0 Å². The van der Waals surface area contributed by atoms with Gasteiger partial charge in [-0.2, -0.15) is 0 Å². The number of para-hydroxylation sites is 1. The summed E-state index contributed by atoms with van der Waals surface area (Å²) in [6.07, 6.45) is 0.128. The van der Waals surface area contributed by atoms with Gasteiger partial charge in [0.1, 0.15) is 11.9 Å². The number of benzene rings is 2. The van der Waals surface area contributed by atoms with Crippen LogP contribution in [0, 0.1) is 13.8 Å². The number of nitrogens with one attached hydrogen (secondary N) is 1. The van der Waals surface area contributed by atoms with Crippen molar-refractivity contribution >= 4 is 5.69 Å². The van der Waals surface area contributed by atoms with Gasteiger partial charge in [0.05, 0.1) is 6.54 Å². The predicted molar refractivity (Wildman–Crippen MR) is 80.9 cm³/mol. The average molecular weight is 255 g/mol. The Morgan fingerprint density at radius 1 is 1.05 bits per heavy atom. The Hall–Kier alpha value is -1.96. The maximum atomic E-state index is 5.84. The Morgan fingerprint density at radius 3 is 2.47 bits per heavy atom. The average Bonchev–Trinajstić information content (AvgIpc) is 2.39. The summed E-state index contributed by atoms with van der Waals surface area (Å²) in [7, 11) is 0. The van der Waals surface area contributed by atoms with Gasteiger partial charge in [-0.3, -0.25) is 0 Å². The summed E-state index contributed by atoms with van der Waals surface area (Å²) in [5.74, 6) is 0.914. The largest absolute Gasteiger partial charge is 0.489 e. The zero-order valence-corrected chi connectivity index (χ0v) is 11.8. The molecule has 0 amide bonds. The van der Waals surface area contributed by atoms with Gasteiger partial charge in [-0.25, -0.2) is 0 Å². The molecule has 0 aliphatic carbocycles. The molecule has 0 fully saturated rings. The minimum Gasteiger partial charge on any atom is -0.489 e. The third-order valence-electron chi connectivity index (χ3n) is 3.04. The zero-order valence-electron chi connectivity index (χ0n) is 11.8. The Balaban J connectivity index is 1.88. The highest BCUT2D eigenvalue weighted by Gasteiger charge is 2.04. The topological polar surface area (TPSA) is 21.3 Å². The molecule has 2 nitrogen and oxygen atoms in total. The first kappa shape index (κ1) is 13.5. The first-order chi connectivity index (χ1) is 9.15. The molecule has 0 spiro atoms. The summed E-state index contributed by atoms with van der Waals surface area (Å²) >= 11 is 0. The standard InChI is InChI=1S/C17H21NO/c1-13-9-10-17(14(2)11-13)18-12-15(3)19-16-7-5-4-6-8-16/h4-11,15,18H,12H2,1-3H3. The SMILES string of the molecule is Cc1ccc(NCC(C)Oc2ccccc2)c(C)c1. The van der Waals surface area contributed by atoms with Gasteiger partial charge in [-0.05, 0) is 44.5 Å². The van der Waals surface area contributed by atoms with Gasteiger partial charge >= 0.3 is 0 Å². The van der Waals surface area contributed by atoms with E-state index in [1.54, 1.807) is 0 Å². The summed E-state index contributed by atoms with van der Waals surface area (Å²) in [5.41, 5.74) is 3.73. The first-order valence-electron chi connectivity index (χ1n) is 6.68. The van der Waals surface area contributed by atoms with E-state index in [2.05, 4.69) is 44.3 Å². The number of ether oxygens (including phenoxy) is 1. The third kappa shape index (κ3) is 4.02. The fourth-order valence-corrected chi connectivity index (χ4v) is 2.04. The van der Waals surface area contributed by atoms with Crippen LogP contribution in [0.3, 0.4) is 0 Å². The van der Waals surface area contributed by atoms with Gasteiger partial charge in [0.2, 0.25) is 0 Å². The van der Waals surface area contributed by atoms with Crippen LogP contribution in [0.4, 0.5) is 5.69 Å². The number of anilines is 1. The molecule has 0 radical (unpaired) electrons. The van der Waals surface area contributed by atoms with E-state index in [9.17, 15) is 0 Å². The molecule has 1 N–H and O–H groups in total. The molecule has 1 unspecified atom stereocenters. The summed E-state index contributed by atoms with van der Waals surface area (Å²) in [6, 6.07) is 16.4. The second-order valence-corrected chi connectivity index (χ2v) is 4.94. The van der Waals surface area contributed by atoms with Gasteiger partial charge in [-0.1, -0.05) is 35.9 Å². The van der Waals surface area contributed by atoms with E-state index in [4.69, 9.17) is 4.74 Å². The Morgan fingerprint density at radius 2 is 1.79 bits per heavy atom. The van der Waals surface area contributed by atoms with Gasteiger partial charge < -0.3 is 10.1 Å². The van der Waals surface area contributed by atoms with Crippen molar-refractivity contribution in [2.45, 2.75) is 26.9 Å². The molecule has 2 rings (SSSR count). The Labute approximate surface area is 115 Å². The lowest BCUT2D eigenvalue weighted by Crippen LogP contribution is -2.22. The second-order valence-electron chi connectivity index (χ2n) is 4.94. The van der Waals surface area contributed by atoms with E-state index < -0.39 is 0 Å². The summed E-state index contributed by atoms with van der Waals surface area (Å²) in [5, 5.41) is 3.44. The Bertz CT molecular complexity index is 522. The van der Waals surface area contributed by atoms with Crippen LogP contribution in [-0.2, 0) is 0 Å². The minimum absolute atomic E-state index is 0.128.